The van der Waals surface area contributed by atoms with Crippen LogP contribution in [0.15, 0.2) is 17.0 Å². The number of benzene rings is 1. The van der Waals surface area contributed by atoms with Crippen LogP contribution in [-0.4, -0.2) is 18.1 Å². The first-order valence-corrected chi connectivity index (χ1v) is 6.30. The maximum absolute atomic E-state index is 12.8. The molecule has 0 amide bonds. The quantitative estimate of drug-likeness (QED) is 0.471. The Morgan fingerprint density at radius 1 is 1.43 bits per heavy atom. The maximum atomic E-state index is 12.8. The highest BCUT2D eigenvalue weighted by Crippen LogP contribution is 2.40. The molecule has 0 atom stereocenters. The number of ether oxygens (including phenoxy) is 1. The van der Waals surface area contributed by atoms with Crippen molar-refractivity contribution in [1.82, 2.24) is 0 Å². The molecule has 0 unspecified atom stereocenters. The molecular formula is C12H8F5NO2S. The van der Waals surface area contributed by atoms with Gasteiger partial charge in [-0.25, -0.2) is 13.6 Å². The second-order valence-electron chi connectivity index (χ2n) is 3.62. The molecule has 114 valence electrons. The van der Waals surface area contributed by atoms with E-state index in [0.29, 0.717) is 12.1 Å². The number of rotatable bonds is 4. The summed E-state index contributed by atoms with van der Waals surface area (Å²) >= 11 is -0.665. The van der Waals surface area contributed by atoms with E-state index in [2.05, 4.69) is 4.74 Å². The number of esters is 1. The van der Waals surface area contributed by atoms with Crippen LogP contribution >= 0.6 is 11.8 Å². The number of alkyl halides is 5. The van der Waals surface area contributed by atoms with E-state index >= 15 is 0 Å². The van der Waals surface area contributed by atoms with E-state index in [0.717, 1.165) is 0 Å². The normalized spacial score (nSPS) is 11.3. The molecule has 0 spiro atoms. The molecular weight excluding hydrogens is 317 g/mol. The van der Waals surface area contributed by atoms with Crippen LogP contribution in [0.4, 0.5) is 22.0 Å². The lowest BCUT2D eigenvalue weighted by Gasteiger charge is -2.13. The van der Waals surface area contributed by atoms with Crippen molar-refractivity contribution >= 4 is 17.7 Å². The van der Waals surface area contributed by atoms with Gasteiger partial charge >= 0.3 is 11.5 Å². The Kier molecular flexibility index (Phi) is 5.54. The molecule has 1 aromatic rings. The van der Waals surface area contributed by atoms with Crippen molar-refractivity contribution in [2.75, 3.05) is 6.61 Å². The third-order valence-corrected chi connectivity index (χ3v) is 3.02. The van der Waals surface area contributed by atoms with Gasteiger partial charge in [-0.3, -0.25) is 0 Å². The van der Waals surface area contributed by atoms with Gasteiger partial charge < -0.3 is 4.74 Å². The molecule has 0 aromatic heterocycles. The van der Waals surface area contributed by atoms with Crippen molar-refractivity contribution in [2.45, 2.75) is 23.8 Å². The maximum Gasteiger partial charge on any atom is 0.446 e. The lowest BCUT2D eigenvalue weighted by Crippen LogP contribution is -2.10. The van der Waals surface area contributed by atoms with E-state index in [4.69, 9.17) is 5.26 Å². The van der Waals surface area contributed by atoms with Gasteiger partial charge in [0.05, 0.1) is 23.8 Å². The zero-order valence-electron chi connectivity index (χ0n) is 10.5. The highest BCUT2D eigenvalue weighted by Gasteiger charge is 2.33. The highest BCUT2D eigenvalue weighted by molar-refractivity contribution is 8.00. The Hall–Kier alpha value is -1.82. The summed E-state index contributed by atoms with van der Waals surface area (Å²) in [6.07, 6.45) is -3.10. The van der Waals surface area contributed by atoms with Gasteiger partial charge in [-0.15, -0.1) is 0 Å². The number of hydrogen-bond donors (Lipinski definition) is 0. The van der Waals surface area contributed by atoms with E-state index in [1.807, 2.05) is 0 Å². The van der Waals surface area contributed by atoms with E-state index in [-0.39, 0.29) is 6.61 Å². The molecule has 0 aliphatic carbocycles. The number of halogens is 5. The molecule has 0 saturated carbocycles. The first kappa shape index (κ1) is 17.2. The van der Waals surface area contributed by atoms with Gasteiger partial charge in [0.25, 0.3) is 6.43 Å². The minimum Gasteiger partial charge on any atom is -0.462 e. The van der Waals surface area contributed by atoms with E-state index in [1.54, 1.807) is 0 Å². The van der Waals surface area contributed by atoms with Crippen LogP contribution in [0.3, 0.4) is 0 Å². The average Bonchev–Trinajstić information content (AvgIpc) is 2.36. The van der Waals surface area contributed by atoms with Crippen LogP contribution in [0.5, 0.6) is 0 Å². The largest absolute Gasteiger partial charge is 0.462 e. The van der Waals surface area contributed by atoms with Crippen LogP contribution < -0.4 is 0 Å². The fourth-order valence-electron chi connectivity index (χ4n) is 1.45. The summed E-state index contributed by atoms with van der Waals surface area (Å²) in [6, 6.07) is 2.57. The second kappa shape index (κ2) is 6.76. The van der Waals surface area contributed by atoms with Crippen LogP contribution in [0.25, 0.3) is 0 Å². The third kappa shape index (κ3) is 4.60. The average molecular weight is 325 g/mol. The molecule has 0 N–H and O–H groups in total. The Labute approximate surface area is 120 Å². The monoisotopic (exact) mass is 325 g/mol. The predicted molar refractivity (Wildman–Crippen MR) is 64.0 cm³/mol. The van der Waals surface area contributed by atoms with E-state index < -0.39 is 51.3 Å². The van der Waals surface area contributed by atoms with Crippen molar-refractivity contribution in [3.8, 4) is 6.07 Å². The van der Waals surface area contributed by atoms with Crippen LogP contribution in [0, 0.1) is 11.3 Å². The SMILES string of the molecule is CCOC(=O)c1cc(C(F)F)c(C#N)cc1SC(F)(F)F. The summed E-state index contributed by atoms with van der Waals surface area (Å²) < 4.78 is 67.4. The fourth-order valence-corrected chi connectivity index (χ4v) is 2.13. The number of carbonyl (C=O) groups is 1. The van der Waals surface area contributed by atoms with E-state index in [1.165, 1.54) is 13.0 Å². The molecule has 0 bridgehead atoms. The van der Waals surface area contributed by atoms with Crippen molar-refractivity contribution in [3.05, 3.63) is 28.8 Å². The first-order valence-electron chi connectivity index (χ1n) is 5.48. The molecule has 21 heavy (non-hydrogen) atoms. The Morgan fingerprint density at radius 3 is 2.48 bits per heavy atom. The van der Waals surface area contributed by atoms with Gasteiger partial charge in [-0.1, -0.05) is 0 Å². The Balaban J connectivity index is 3.45. The van der Waals surface area contributed by atoms with Gasteiger partial charge in [0, 0.05) is 10.5 Å². The van der Waals surface area contributed by atoms with Crippen molar-refractivity contribution in [2.24, 2.45) is 0 Å². The number of thioether (sulfide) groups is 1. The summed E-state index contributed by atoms with van der Waals surface area (Å²) in [5, 5.41) is 8.73. The molecule has 0 fully saturated rings. The zero-order valence-corrected chi connectivity index (χ0v) is 11.3. The lowest BCUT2D eigenvalue weighted by molar-refractivity contribution is -0.0328. The molecule has 0 aliphatic rings. The molecule has 0 radical (unpaired) electrons. The molecule has 0 saturated heterocycles. The summed E-state index contributed by atoms with van der Waals surface area (Å²) in [5.74, 6) is -1.16. The van der Waals surface area contributed by atoms with E-state index in [9.17, 15) is 26.7 Å². The standard InChI is InChI=1S/C12H8F5NO2S/c1-2-20-11(19)8-4-7(10(13)14)6(5-18)3-9(8)21-12(15,16)17/h3-4,10H,2H2,1H3. The summed E-state index contributed by atoms with van der Waals surface area (Å²) in [6.45, 7) is 1.30. The first-order chi connectivity index (χ1) is 9.69. The van der Waals surface area contributed by atoms with Gasteiger partial charge in [0.1, 0.15) is 0 Å². The summed E-state index contributed by atoms with van der Waals surface area (Å²) in [4.78, 5) is 10.9. The van der Waals surface area contributed by atoms with Gasteiger partial charge in [0.2, 0.25) is 0 Å². The predicted octanol–water partition coefficient (Wildman–Crippen LogP) is 4.28. The third-order valence-electron chi connectivity index (χ3n) is 2.23. The van der Waals surface area contributed by atoms with Crippen molar-refractivity contribution in [1.29, 1.82) is 5.26 Å². The molecule has 1 aromatic carbocycles. The number of nitriles is 1. The van der Waals surface area contributed by atoms with Gasteiger partial charge in [-0.05, 0) is 30.8 Å². The van der Waals surface area contributed by atoms with Crippen LogP contribution in [0.1, 0.15) is 34.8 Å². The molecule has 0 aliphatic heterocycles. The highest BCUT2D eigenvalue weighted by atomic mass is 32.2. The number of carbonyl (C=O) groups excluding carboxylic acids is 1. The number of hydrogen-bond acceptors (Lipinski definition) is 4. The Morgan fingerprint density at radius 2 is 2.05 bits per heavy atom. The van der Waals surface area contributed by atoms with Crippen molar-refractivity contribution in [3.63, 3.8) is 0 Å². The minimum atomic E-state index is -4.74. The Bertz CT molecular complexity index is 580. The zero-order chi connectivity index (χ0) is 16.2. The minimum absolute atomic E-state index is 0.126. The summed E-state index contributed by atoms with van der Waals surface area (Å²) in [7, 11) is 0. The molecule has 9 heteroatoms. The van der Waals surface area contributed by atoms with Gasteiger partial charge in [0.15, 0.2) is 0 Å². The molecule has 3 nitrogen and oxygen atoms in total. The van der Waals surface area contributed by atoms with Crippen LogP contribution in [0.2, 0.25) is 0 Å². The lowest BCUT2D eigenvalue weighted by atomic mass is 10.0. The smallest absolute Gasteiger partial charge is 0.446 e. The fraction of sp³-hybridized carbons (Fsp3) is 0.333. The van der Waals surface area contributed by atoms with Gasteiger partial charge in [-0.2, -0.15) is 18.4 Å². The summed E-state index contributed by atoms with van der Waals surface area (Å²) in [5.41, 5.74) is -6.81. The van der Waals surface area contributed by atoms with Crippen LogP contribution in [-0.2, 0) is 4.74 Å². The molecule has 1 rings (SSSR count). The topological polar surface area (TPSA) is 50.1 Å². The molecule has 0 heterocycles. The number of nitrogens with zero attached hydrogens (tertiary/aromatic N) is 1. The van der Waals surface area contributed by atoms with Crippen molar-refractivity contribution < 1.29 is 31.5 Å². The second-order valence-corrected chi connectivity index (χ2v) is 4.72.